The zero-order valence-electron chi connectivity index (χ0n) is 15.2. The van der Waals surface area contributed by atoms with Crippen LogP contribution in [0.5, 0.6) is 0 Å². The minimum atomic E-state index is -3.96. The standard InChI is InChI=1S/C19H23N3O4S/c1-2-17(21-12-11-15-7-3-4-8-16(15)14-21)13-20-27(25,26)19-10-6-5-9-18(19)22(23)24/h3-10,17,20H,2,11-14H2,1H3. The van der Waals surface area contributed by atoms with Gasteiger partial charge in [0, 0.05) is 31.7 Å². The van der Waals surface area contributed by atoms with Gasteiger partial charge in [0.05, 0.1) is 4.92 Å². The highest BCUT2D eigenvalue weighted by Gasteiger charge is 2.28. The molecule has 0 saturated carbocycles. The summed E-state index contributed by atoms with van der Waals surface area (Å²) in [7, 11) is -3.96. The quantitative estimate of drug-likeness (QED) is 0.581. The fraction of sp³-hybridized carbons (Fsp3) is 0.368. The molecule has 0 spiro atoms. The van der Waals surface area contributed by atoms with Gasteiger partial charge in [0.15, 0.2) is 4.90 Å². The third-order valence-corrected chi connectivity index (χ3v) is 6.48. The van der Waals surface area contributed by atoms with E-state index >= 15 is 0 Å². The molecule has 0 radical (unpaired) electrons. The van der Waals surface area contributed by atoms with Gasteiger partial charge in [0.25, 0.3) is 5.69 Å². The summed E-state index contributed by atoms with van der Waals surface area (Å²) in [6, 6.07) is 13.7. The van der Waals surface area contributed by atoms with E-state index in [4.69, 9.17) is 0 Å². The molecule has 3 rings (SSSR count). The molecule has 1 atom stereocenters. The van der Waals surface area contributed by atoms with Crippen molar-refractivity contribution >= 4 is 15.7 Å². The van der Waals surface area contributed by atoms with E-state index in [1.807, 2.05) is 19.1 Å². The molecule has 1 heterocycles. The zero-order valence-corrected chi connectivity index (χ0v) is 16.0. The Morgan fingerprint density at radius 2 is 1.81 bits per heavy atom. The highest BCUT2D eigenvalue weighted by molar-refractivity contribution is 7.89. The first-order valence-electron chi connectivity index (χ1n) is 8.96. The minimum Gasteiger partial charge on any atom is -0.295 e. The average molecular weight is 389 g/mol. The van der Waals surface area contributed by atoms with Crippen molar-refractivity contribution in [1.29, 1.82) is 0 Å². The van der Waals surface area contributed by atoms with Gasteiger partial charge in [0.2, 0.25) is 10.0 Å². The molecule has 1 unspecified atom stereocenters. The Labute approximate surface area is 159 Å². The van der Waals surface area contributed by atoms with Gasteiger partial charge in [0.1, 0.15) is 0 Å². The molecule has 1 N–H and O–H groups in total. The number of nitro groups is 1. The monoisotopic (exact) mass is 389 g/mol. The van der Waals surface area contributed by atoms with Gasteiger partial charge in [-0.15, -0.1) is 0 Å². The molecule has 0 aromatic heterocycles. The maximum atomic E-state index is 12.6. The Balaban J connectivity index is 1.72. The predicted octanol–water partition coefficient (Wildman–Crippen LogP) is 2.71. The van der Waals surface area contributed by atoms with E-state index in [0.29, 0.717) is 0 Å². The number of hydrogen-bond donors (Lipinski definition) is 1. The fourth-order valence-corrected chi connectivity index (χ4v) is 4.72. The first kappa shape index (κ1) is 19.5. The fourth-order valence-electron chi connectivity index (χ4n) is 3.48. The van der Waals surface area contributed by atoms with E-state index in [0.717, 1.165) is 25.9 Å². The van der Waals surface area contributed by atoms with Crippen molar-refractivity contribution in [3.8, 4) is 0 Å². The van der Waals surface area contributed by atoms with Crippen LogP contribution >= 0.6 is 0 Å². The summed E-state index contributed by atoms with van der Waals surface area (Å²) in [5.74, 6) is 0. The second-order valence-electron chi connectivity index (χ2n) is 6.63. The number of para-hydroxylation sites is 1. The van der Waals surface area contributed by atoms with E-state index in [9.17, 15) is 18.5 Å². The van der Waals surface area contributed by atoms with Crippen LogP contribution in [0.4, 0.5) is 5.69 Å². The van der Waals surface area contributed by atoms with Crippen LogP contribution in [0.25, 0.3) is 0 Å². The van der Waals surface area contributed by atoms with Gasteiger partial charge >= 0.3 is 0 Å². The smallest absolute Gasteiger partial charge is 0.289 e. The predicted molar refractivity (Wildman–Crippen MR) is 103 cm³/mol. The Kier molecular flexibility index (Phi) is 5.88. The van der Waals surface area contributed by atoms with Crippen LogP contribution < -0.4 is 4.72 Å². The maximum absolute atomic E-state index is 12.6. The van der Waals surface area contributed by atoms with Gasteiger partial charge in [-0.1, -0.05) is 43.3 Å². The van der Waals surface area contributed by atoms with Crippen molar-refractivity contribution in [3.63, 3.8) is 0 Å². The van der Waals surface area contributed by atoms with Crippen LogP contribution in [0.2, 0.25) is 0 Å². The average Bonchev–Trinajstić information content (AvgIpc) is 2.68. The molecular weight excluding hydrogens is 366 g/mol. The van der Waals surface area contributed by atoms with Crippen molar-refractivity contribution in [1.82, 2.24) is 9.62 Å². The molecule has 0 saturated heterocycles. The second kappa shape index (κ2) is 8.16. The van der Waals surface area contributed by atoms with Crippen molar-refractivity contribution in [3.05, 3.63) is 69.8 Å². The molecule has 2 aromatic carbocycles. The Morgan fingerprint density at radius 3 is 2.52 bits per heavy atom. The van der Waals surface area contributed by atoms with Gasteiger partial charge < -0.3 is 0 Å². The number of nitro benzene ring substituents is 1. The van der Waals surface area contributed by atoms with Crippen molar-refractivity contribution in [2.75, 3.05) is 13.1 Å². The highest BCUT2D eigenvalue weighted by Crippen LogP contribution is 2.24. The summed E-state index contributed by atoms with van der Waals surface area (Å²) >= 11 is 0. The molecule has 144 valence electrons. The third-order valence-electron chi connectivity index (χ3n) is 5.01. The molecule has 8 heteroatoms. The first-order valence-corrected chi connectivity index (χ1v) is 10.4. The molecule has 27 heavy (non-hydrogen) atoms. The number of fused-ring (bicyclic) bond motifs is 1. The number of nitrogens with zero attached hydrogens (tertiary/aromatic N) is 2. The maximum Gasteiger partial charge on any atom is 0.289 e. The summed E-state index contributed by atoms with van der Waals surface area (Å²) in [5.41, 5.74) is 2.19. The molecule has 7 nitrogen and oxygen atoms in total. The number of sulfonamides is 1. The second-order valence-corrected chi connectivity index (χ2v) is 8.36. The van der Waals surface area contributed by atoms with Gasteiger partial charge in [-0.05, 0) is 30.0 Å². The first-order chi connectivity index (χ1) is 12.9. The summed E-state index contributed by atoms with van der Waals surface area (Å²) in [5, 5.41) is 11.1. The minimum absolute atomic E-state index is 0.0240. The van der Waals surface area contributed by atoms with Crippen LogP contribution in [0.15, 0.2) is 53.4 Å². The molecule has 2 aromatic rings. The number of rotatable bonds is 7. The normalized spacial score (nSPS) is 15.9. The molecule has 0 amide bonds. The summed E-state index contributed by atoms with van der Waals surface area (Å²) < 4.78 is 27.8. The van der Waals surface area contributed by atoms with Crippen LogP contribution in [-0.4, -0.2) is 37.4 Å². The van der Waals surface area contributed by atoms with Crippen molar-refractivity contribution < 1.29 is 13.3 Å². The van der Waals surface area contributed by atoms with Crippen LogP contribution in [0.3, 0.4) is 0 Å². The lowest BCUT2D eigenvalue weighted by molar-refractivity contribution is -0.387. The van der Waals surface area contributed by atoms with Gasteiger partial charge in [-0.2, -0.15) is 0 Å². The summed E-state index contributed by atoms with van der Waals surface area (Å²) in [4.78, 5) is 12.4. The van der Waals surface area contributed by atoms with Crippen LogP contribution in [0, 0.1) is 10.1 Å². The number of benzene rings is 2. The largest absolute Gasteiger partial charge is 0.295 e. The van der Waals surface area contributed by atoms with Crippen LogP contribution in [0.1, 0.15) is 24.5 Å². The van der Waals surface area contributed by atoms with Crippen molar-refractivity contribution in [2.24, 2.45) is 0 Å². The zero-order chi connectivity index (χ0) is 19.4. The lowest BCUT2D eigenvalue weighted by atomic mass is 9.98. The third kappa shape index (κ3) is 4.35. The lowest BCUT2D eigenvalue weighted by Gasteiger charge is -2.35. The molecule has 0 aliphatic carbocycles. The van der Waals surface area contributed by atoms with E-state index in [1.54, 1.807) is 0 Å². The number of nitrogens with one attached hydrogen (secondary N) is 1. The van der Waals surface area contributed by atoms with Crippen LogP contribution in [-0.2, 0) is 23.0 Å². The number of hydrogen-bond acceptors (Lipinski definition) is 5. The van der Waals surface area contributed by atoms with E-state index < -0.39 is 20.6 Å². The van der Waals surface area contributed by atoms with E-state index in [2.05, 4.69) is 21.8 Å². The lowest BCUT2D eigenvalue weighted by Crippen LogP contribution is -2.45. The summed E-state index contributed by atoms with van der Waals surface area (Å²) in [6.45, 7) is 3.88. The topological polar surface area (TPSA) is 92.5 Å². The molecule has 1 aliphatic heterocycles. The van der Waals surface area contributed by atoms with Gasteiger partial charge in [-0.3, -0.25) is 15.0 Å². The Morgan fingerprint density at radius 1 is 1.15 bits per heavy atom. The van der Waals surface area contributed by atoms with E-state index in [-0.39, 0.29) is 17.5 Å². The molecule has 0 fully saturated rings. The van der Waals surface area contributed by atoms with Crippen molar-refractivity contribution in [2.45, 2.75) is 37.2 Å². The molecule has 0 bridgehead atoms. The molecular formula is C19H23N3O4S. The van der Waals surface area contributed by atoms with E-state index in [1.165, 1.54) is 35.4 Å². The highest BCUT2D eigenvalue weighted by atomic mass is 32.2. The summed E-state index contributed by atoms with van der Waals surface area (Å²) in [6.07, 6.45) is 1.71. The Hall–Kier alpha value is -2.29. The molecule has 1 aliphatic rings. The Bertz CT molecular complexity index is 930. The SMILES string of the molecule is CCC(CNS(=O)(=O)c1ccccc1[N+](=O)[O-])N1CCc2ccccc2C1. The van der Waals surface area contributed by atoms with Gasteiger partial charge in [-0.25, -0.2) is 13.1 Å².